The van der Waals surface area contributed by atoms with Gasteiger partial charge < -0.3 is 10.6 Å². The monoisotopic (exact) mass is 428 g/mol. The Hall–Kier alpha value is -1.27. The Morgan fingerprint density at radius 2 is 1.77 bits per heavy atom. The lowest BCUT2D eigenvalue weighted by atomic mass is 10.0. The fourth-order valence-corrected chi connectivity index (χ4v) is 2.61. The van der Waals surface area contributed by atoms with Gasteiger partial charge >= 0.3 is 0 Å². The summed E-state index contributed by atoms with van der Waals surface area (Å²) in [7, 11) is 0. The third kappa shape index (κ3) is 5.50. The van der Waals surface area contributed by atoms with Crippen LogP contribution in [0.4, 0.5) is 5.69 Å². The predicted molar refractivity (Wildman–Crippen MR) is 100 cm³/mol. The Labute approximate surface area is 149 Å². The second kappa shape index (κ2) is 9.00. The van der Waals surface area contributed by atoms with Crippen molar-refractivity contribution >= 4 is 45.8 Å². The molecular weight excluding hydrogens is 411 g/mol. The molecule has 22 heavy (non-hydrogen) atoms. The van der Waals surface area contributed by atoms with Gasteiger partial charge in [-0.15, -0.1) is 11.6 Å². The molecule has 0 saturated carbocycles. The van der Waals surface area contributed by atoms with Gasteiger partial charge in [0.1, 0.15) is 5.88 Å². The minimum Gasteiger partial charge on any atom is -0.378 e. The van der Waals surface area contributed by atoms with Gasteiger partial charge in [-0.1, -0.05) is 30.3 Å². The fraction of sp³-hybridized carbons (Fsp3) is 0.235. The zero-order chi connectivity index (χ0) is 15.8. The minimum atomic E-state index is -0.136. The summed E-state index contributed by atoms with van der Waals surface area (Å²) in [6.07, 6.45) is 0.790. The first-order valence-corrected chi connectivity index (χ1v) is 8.70. The summed E-state index contributed by atoms with van der Waals surface area (Å²) in [5.41, 5.74) is 2.26. The van der Waals surface area contributed by atoms with E-state index in [0.29, 0.717) is 6.54 Å². The van der Waals surface area contributed by atoms with E-state index in [1.165, 1.54) is 9.13 Å². The molecule has 1 unspecified atom stereocenters. The van der Waals surface area contributed by atoms with Crippen molar-refractivity contribution in [2.24, 2.45) is 0 Å². The van der Waals surface area contributed by atoms with Crippen LogP contribution in [0.5, 0.6) is 0 Å². The molecule has 0 aliphatic rings. The van der Waals surface area contributed by atoms with Crippen molar-refractivity contribution in [2.45, 2.75) is 12.5 Å². The Morgan fingerprint density at radius 3 is 2.41 bits per heavy atom. The van der Waals surface area contributed by atoms with Gasteiger partial charge in [-0.25, -0.2) is 0 Å². The van der Waals surface area contributed by atoms with Gasteiger partial charge in [-0.2, -0.15) is 0 Å². The summed E-state index contributed by atoms with van der Waals surface area (Å²) in [4.78, 5) is 11.3. The third-order valence-corrected chi connectivity index (χ3v) is 4.23. The molecule has 2 N–H and O–H groups in total. The van der Waals surface area contributed by atoms with E-state index in [2.05, 4.69) is 69.6 Å². The van der Waals surface area contributed by atoms with Crippen molar-refractivity contribution in [3.8, 4) is 0 Å². The van der Waals surface area contributed by atoms with Crippen LogP contribution in [0.3, 0.4) is 0 Å². The van der Waals surface area contributed by atoms with Crippen LogP contribution in [0.1, 0.15) is 18.0 Å². The Morgan fingerprint density at radius 1 is 1.09 bits per heavy atom. The number of carbonyl (C=O) groups excluding carboxylic acids is 1. The normalized spacial score (nSPS) is 11.7. The average Bonchev–Trinajstić information content (AvgIpc) is 2.56. The second-order valence-electron chi connectivity index (χ2n) is 4.89. The highest BCUT2D eigenvalue weighted by atomic mass is 127. The van der Waals surface area contributed by atoms with Crippen LogP contribution in [0.15, 0.2) is 54.6 Å². The maximum absolute atomic E-state index is 11.3. The van der Waals surface area contributed by atoms with Gasteiger partial charge in [0.15, 0.2) is 0 Å². The topological polar surface area (TPSA) is 41.1 Å². The van der Waals surface area contributed by atoms with Crippen LogP contribution in [-0.4, -0.2) is 18.3 Å². The lowest BCUT2D eigenvalue weighted by Gasteiger charge is -2.21. The molecule has 0 aliphatic heterocycles. The zero-order valence-electron chi connectivity index (χ0n) is 12.1. The highest BCUT2D eigenvalue weighted by Crippen LogP contribution is 2.22. The first kappa shape index (κ1) is 17.1. The molecule has 1 atom stereocenters. The van der Waals surface area contributed by atoms with Crippen molar-refractivity contribution in [2.75, 3.05) is 17.7 Å². The number of amides is 1. The van der Waals surface area contributed by atoms with Crippen LogP contribution in [-0.2, 0) is 4.79 Å². The first-order valence-electron chi connectivity index (χ1n) is 7.09. The van der Waals surface area contributed by atoms with Crippen LogP contribution < -0.4 is 10.6 Å². The number of hydrogen-bond acceptors (Lipinski definition) is 2. The van der Waals surface area contributed by atoms with Gasteiger partial charge in [-0.05, 0) is 58.8 Å². The van der Waals surface area contributed by atoms with E-state index in [4.69, 9.17) is 11.6 Å². The molecule has 2 rings (SSSR count). The maximum Gasteiger partial charge on any atom is 0.234 e. The van der Waals surface area contributed by atoms with E-state index in [1.807, 2.05) is 18.2 Å². The fourth-order valence-electron chi connectivity index (χ4n) is 2.16. The standard InChI is InChI=1S/C17H18ClIN2O/c18-12-17(22)20-11-10-16(13-4-2-1-3-5-13)21-15-8-6-14(19)7-9-15/h1-9,16,21H,10-12H2,(H,20,22). The smallest absolute Gasteiger partial charge is 0.234 e. The van der Waals surface area contributed by atoms with Crippen molar-refractivity contribution in [3.63, 3.8) is 0 Å². The Bertz CT molecular complexity index is 589. The van der Waals surface area contributed by atoms with Crippen molar-refractivity contribution in [3.05, 3.63) is 63.7 Å². The SMILES string of the molecule is O=C(CCl)NCCC(Nc1ccc(I)cc1)c1ccccc1. The van der Waals surface area contributed by atoms with Gasteiger partial charge in [0.05, 0.1) is 6.04 Å². The molecular formula is C17H18ClIN2O. The average molecular weight is 429 g/mol. The first-order chi connectivity index (χ1) is 10.7. The molecule has 2 aromatic rings. The van der Waals surface area contributed by atoms with E-state index < -0.39 is 0 Å². The Kier molecular flexibility index (Phi) is 6.99. The van der Waals surface area contributed by atoms with Crippen LogP contribution >= 0.6 is 34.2 Å². The van der Waals surface area contributed by atoms with Crippen molar-refractivity contribution in [1.82, 2.24) is 5.32 Å². The molecule has 0 heterocycles. The lowest BCUT2D eigenvalue weighted by Crippen LogP contribution is -2.27. The molecule has 0 bridgehead atoms. The molecule has 0 radical (unpaired) electrons. The number of alkyl halides is 1. The third-order valence-electron chi connectivity index (χ3n) is 3.26. The number of nitrogens with one attached hydrogen (secondary N) is 2. The minimum absolute atomic E-state index is 0.000550. The summed E-state index contributed by atoms with van der Waals surface area (Å²) in [5.74, 6) is -0.136. The van der Waals surface area contributed by atoms with Crippen LogP contribution in [0.25, 0.3) is 0 Å². The van der Waals surface area contributed by atoms with Gasteiger partial charge in [0.25, 0.3) is 0 Å². The maximum atomic E-state index is 11.3. The molecule has 0 aromatic heterocycles. The molecule has 0 fully saturated rings. The summed E-state index contributed by atoms with van der Waals surface area (Å²) >= 11 is 7.79. The summed E-state index contributed by atoms with van der Waals surface area (Å²) in [6.45, 7) is 0.586. The molecule has 0 saturated heterocycles. The van der Waals surface area contributed by atoms with Gasteiger partial charge in [-0.3, -0.25) is 4.79 Å². The number of benzene rings is 2. The zero-order valence-corrected chi connectivity index (χ0v) is 15.0. The highest BCUT2D eigenvalue weighted by Gasteiger charge is 2.11. The number of rotatable bonds is 7. The van der Waals surface area contributed by atoms with E-state index in [0.717, 1.165) is 12.1 Å². The van der Waals surface area contributed by atoms with Crippen molar-refractivity contribution in [1.29, 1.82) is 0 Å². The Balaban J connectivity index is 2.04. The van der Waals surface area contributed by atoms with E-state index in [1.54, 1.807) is 0 Å². The second-order valence-corrected chi connectivity index (χ2v) is 6.40. The van der Waals surface area contributed by atoms with E-state index in [9.17, 15) is 4.79 Å². The molecule has 0 spiro atoms. The predicted octanol–water partition coefficient (Wildman–Crippen LogP) is 4.19. The van der Waals surface area contributed by atoms with E-state index in [-0.39, 0.29) is 17.8 Å². The lowest BCUT2D eigenvalue weighted by molar-refractivity contribution is -0.118. The van der Waals surface area contributed by atoms with Crippen molar-refractivity contribution < 1.29 is 4.79 Å². The number of hydrogen-bond donors (Lipinski definition) is 2. The number of carbonyl (C=O) groups is 1. The molecule has 0 aliphatic carbocycles. The largest absolute Gasteiger partial charge is 0.378 e. The number of anilines is 1. The van der Waals surface area contributed by atoms with Gasteiger partial charge in [0.2, 0.25) is 5.91 Å². The molecule has 1 amide bonds. The summed E-state index contributed by atoms with van der Waals surface area (Å²) < 4.78 is 1.20. The quantitative estimate of drug-likeness (QED) is 0.513. The number of halogens is 2. The summed E-state index contributed by atoms with van der Waals surface area (Å²) in [6, 6.07) is 18.6. The molecule has 116 valence electrons. The van der Waals surface area contributed by atoms with Crippen LogP contribution in [0.2, 0.25) is 0 Å². The molecule has 3 nitrogen and oxygen atoms in total. The summed E-state index contributed by atoms with van der Waals surface area (Å²) in [5, 5.41) is 6.34. The van der Waals surface area contributed by atoms with Crippen LogP contribution in [0, 0.1) is 3.57 Å². The highest BCUT2D eigenvalue weighted by molar-refractivity contribution is 14.1. The molecule has 5 heteroatoms. The van der Waals surface area contributed by atoms with E-state index >= 15 is 0 Å². The van der Waals surface area contributed by atoms with Gasteiger partial charge in [0, 0.05) is 15.8 Å². The molecule has 2 aromatic carbocycles.